The van der Waals surface area contributed by atoms with E-state index in [1.165, 1.54) is 12.1 Å². The average molecular weight is 266 g/mol. The van der Waals surface area contributed by atoms with Crippen LogP contribution in [0.2, 0.25) is 0 Å². The van der Waals surface area contributed by atoms with Gasteiger partial charge in [-0.05, 0) is 24.6 Å². The molecule has 1 aromatic carbocycles. The molecule has 0 spiro atoms. The number of hydrogen-bond donors (Lipinski definition) is 3. The normalized spacial score (nSPS) is 22.2. The summed E-state index contributed by atoms with van der Waals surface area (Å²) in [6.07, 6.45) is 0. The Bertz CT molecular complexity index is 519. The number of para-hydroxylation sites is 1. The number of halogens is 1. The molecule has 1 fully saturated rings. The van der Waals surface area contributed by atoms with Crippen LogP contribution in [-0.2, 0) is 4.79 Å². The molecule has 102 valence electrons. The van der Waals surface area contributed by atoms with Gasteiger partial charge in [0.2, 0.25) is 5.91 Å². The molecule has 0 aromatic heterocycles. The van der Waals surface area contributed by atoms with Crippen LogP contribution in [0.4, 0.5) is 10.1 Å². The van der Waals surface area contributed by atoms with Crippen molar-refractivity contribution in [3.8, 4) is 0 Å². The van der Waals surface area contributed by atoms with Gasteiger partial charge in [-0.2, -0.15) is 0 Å². The van der Waals surface area contributed by atoms with Crippen LogP contribution >= 0.6 is 0 Å². The number of nitrogens with one attached hydrogen (secondary N) is 2. The number of rotatable bonds is 3. The third kappa shape index (κ3) is 2.73. The van der Waals surface area contributed by atoms with E-state index in [1.807, 2.05) is 6.92 Å². The molecule has 3 N–H and O–H groups in total. The SMILES string of the molecule is CC1CNCC1C(=O)Nc1c(F)cccc1C(=O)O. The van der Waals surface area contributed by atoms with Crippen LogP contribution in [0.25, 0.3) is 0 Å². The number of benzene rings is 1. The second kappa shape index (κ2) is 5.36. The monoisotopic (exact) mass is 266 g/mol. The van der Waals surface area contributed by atoms with Crippen molar-refractivity contribution in [2.45, 2.75) is 6.92 Å². The Morgan fingerprint density at radius 2 is 2.16 bits per heavy atom. The summed E-state index contributed by atoms with van der Waals surface area (Å²) in [4.78, 5) is 23.1. The fourth-order valence-electron chi connectivity index (χ4n) is 2.21. The number of carbonyl (C=O) groups is 2. The summed E-state index contributed by atoms with van der Waals surface area (Å²) in [6, 6.07) is 3.68. The zero-order chi connectivity index (χ0) is 14.0. The van der Waals surface area contributed by atoms with Gasteiger partial charge in [-0.1, -0.05) is 13.0 Å². The Kier molecular flexibility index (Phi) is 3.80. The van der Waals surface area contributed by atoms with Crippen LogP contribution in [0.5, 0.6) is 0 Å². The maximum Gasteiger partial charge on any atom is 0.337 e. The first-order chi connectivity index (χ1) is 9.00. The summed E-state index contributed by atoms with van der Waals surface area (Å²) in [5, 5.41) is 14.5. The smallest absolute Gasteiger partial charge is 0.337 e. The molecule has 0 bridgehead atoms. The third-order valence-electron chi connectivity index (χ3n) is 3.35. The quantitative estimate of drug-likeness (QED) is 0.771. The van der Waals surface area contributed by atoms with Crippen LogP contribution in [0.15, 0.2) is 18.2 Å². The third-order valence-corrected chi connectivity index (χ3v) is 3.35. The summed E-state index contributed by atoms with van der Waals surface area (Å²) in [5.41, 5.74) is -0.508. The fourth-order valence-corrected chi connectivity index (χ4v) is 2.21. The Hall–Kier alpha value is -1.95. The summed E-state index contributed by atoms with van der Waals surface area (Å²) in [6.45, 7) is 3.16. The van der Waals surface area contributed by atoms with E-state index in [0.717, 1.165) is 12.6 Å². The van der Waals surface area contributed by atoms with E-state index in [9.17, 15) is 14.0 Å². The van der Waals surface area contributed by atoms with Gasteiger partial charge in [-0.15, -0.1) is 0 Å². The Labute approximate surface area is 109 Å². The highest BCUT2D eigenvalue weighted by molar-refractivity contribution is 6.01. The molecule has 2 atom stereocenters. The van der Waals surface area contributed by atoms with Crippen molar-refractivity contribution in [3.63, 3.8) is 0 Å². The summed E-state index contributed by atoms with van der Waals surface area (Å²) in [5.74, 6) is -2.51. The lowest BCUT2D eigenvalue weighted by molar-refractivity contribution is -0.120. The van der Waals surface area contributed by atoms with Gasteiger partial charge < -0.3 is 15.7 Å². The van der Waals surface area contributed by atoms with Crippen molar-refractivity contribution in [3.05, 3.63) is 29.6 Å². The van der Waals surface area contributed by atoms with E-state index in [2.05, 4.69) is 10.6 Å². The molecule has 5 nitrogen and oxygen atoms in total. The number of carboxylic acid groups (broad SMARTS) is 1. The molecule has 2 unspecified atom stereocenters. The largest absolute Gasteiger partial charge is 0.478 e. The Morgan fingerprint density at radius 3 is 2.74 bits per heavy atom. The van der Waals surface area contributed by atoms with Gasteiger partial charge >= 0.3 is 5.97 Å². The number of anilines is 1. The molecule has 0 saturated carbocycles. The number of amides is 1. The van der Waals surface area contributed by atoms with Crippen molar-refractivity contribution in [2.24, 2.45) is 11.8 Å². The molecule has 0 radical (unpaired) electrons. The van der Waals surface area contributed by atoms with Crippen LogP contribution < -0.4 is 10.6 Å². The summed E-state index contributed by atoms with van der Waals surface area (Å²) < 4.78 is 13.7. The molecular weight excluding hydrogens is 251 g/mol. The second-order valence-electron chi connectivity index (χ2n) is 4.70. The molecule has 1 amide bonds. The first-order valence-electron chi connectivity index (χ1n) is 6.04. The number of aromatic carboxylic acids is 1. The van der Waals surface area contributed by atoms with Gasteiger partial charge in [-0.3, -0.25) is 4.79 Å². The van der Waals surface area contributed by atoms with Gasteiger partial charge in [0, 0.05) is 6.54 Å². The van der Waals surface area contributed by atoms with E-state index in [1.54, 1.807) is 0 Å². The number of hydrogen-bond acceptors (Lipinski definition) is 3. The first kappa shape index (κ1) is 13.5. The predicted octanol–water partition coefficient (Wildman–Crippen LogP) is 1.32. The van der Waals surface area contributed by atoms with E-state index in [0.29, 0.717) is 6.54 Å². The van der Waals surface area contributed by atoms with E-state index < -0.39 is 11.8 Å². The molecule has 1 aliphatic heterocycles. The molecule has 1 saturated heterocycles. The van der Waals surface area contributed by atoms with Crippen molar-refractivity contribution >= 4 is 17.6 Å². The molecule has 19 heavy (non-hydrogen) atoms. The van der Waals surface area contributed by atoms with Crippen molar-refractivity contribution < 1.29 is 19.1 Å². The number of carbonyl (C=O) groups excluding carboxylic acids is 1. The molecule has 1 aliphatic rings. The van der Waals surface area contributed by atoms with Gasteiger partial charge in [0.15, 0.2) is 0 Å². The van der Waals surface area contributed by atoms with Gasteiger partial charge in [0.1, 0.15) is 5.82 Å². The van der Waals surface area contributed by atoms with E-state index in [-0.39, 0.29) is 29.0 Å². The molecule has 6 heteroatoms. The number of carboxylic acids is 1. The molecule has 1 aromatic rings. The van der Waals surface area contributed by atoms with Gasteiger partial charge in [0.25, 0.3) is 0 Å². The highest BCUT2D eigenvalue weighted by Crippen LogP contribution is 2.23. The van der Waals surface area contributed by atoms with Crippen molar-refractivity contribution in [2.75, 3.05) is 18.4 Å². The van der Waals surface area contributed by atoms with Crippen molar-refractivity contribution in [1.29, 1.82) is 0 Å². The highest BCUT2D eigenvalue weighted by atomic mass is 19.1. The predicted molar refractivity (Wildman–Crippen MR) is 67.5 cm³/mol. The maximum absolute atomic E-state index is 13.7. The zero-order valence-corrected chi connectivity index (χ0v) is 10.4. The van der Waals surface area contributed by atoms with Gasteiger partial charge in [0.05, 0.1) is 17.2 Å². The van der Waals surface area contributed by atoms with E-state index >= 15 is 0 Å². The minimum atomic E-state index is -1.27. The highest BCUT2D eigenvalue weighted by Gasteiger charge is 2.30. The Balaban J connectivity index is 2.23. The standard InChI is InChI=1S/C13H15FN2O3/c1-7-5-15-6-9(7)12(17)16-11-8(13(18)19)3-2-4-10(11)14/h2-4,7,9,15H,5-6H2,1H3,(H,16,17)(H,18,19). The lowest BCUT2D eigenvalue weighted by atomic mass is 9.97. The fraction of sp³-hybridized carbons (Fsp3) is 0.385. The Morgan fingerprint density at radius 1 is 1.42 bits per heavy atom. The zero-order valence-electron chi connectivity index (χ0n) is 10.4. The van der Waals surface area contributed by atoms with Crippen LogP contribution in [-0.4, -0.2) is 30.1 Å². The summed E-state index contributed by atoms with van der Waals surface area (Å²) in [7, 11) is 0. The molecular formula is C13H15FN2O3. The van der Waals surface area contributed by atoms with Crippen LogP contribution in [0.1, 0.15) is 17.3 Å². The maximum atomic E-state index is 13.7. The average Bonchev–Trinajstić information content (AvgIpc) is 2.77. The first-order valence-corrected chi connectivity index (χ1v) is 6.04. The van der Waals surface area contributed by atoms with Crippen molar-refractivity contribution in [1.82, 2.24) is 5.32 Å². The van der Waals surface area contributed by atoms with Crippen LogP contribution in [0.3, 0.4) is 0 Å². The van der Waals surface area contributed by atoms with Gasteiger partial charge in [-0.25, -0.2) is 9.18 Å². The molecule has 2 rings (SSSR count). The van der Waals surface area contributed by atoms with Crippen LogP contribution in [0, 0.1) is 17.7 Å². The molecule has 1 heterocycles. The topological polar surface area (TPSA) is 78.4 Å². The second-order valence-corrected chi connectivity index (χ2v) is 4.70. The minimum Gasteiger partial charge on any atom is -0.478 e. The lowest BCUT2D eigenvalue weighted by Gasteiger charge is -2.15. The van der Waals surface area contributed by atoms with E-state index in [4.69, 9.17) is 5.11 Å². The summed E-state index contributed by atoms with van der Waals surface area (Å²) >= 11 is 0. The lowest BCUT2D eigenvalue weighted by Crippen LogP contribution is -2.29. The molecule has 0 aliphatic carbocycles. The minimum absolute atomic E-state index is 0.139.